The van der Waals surface area contributed by atoms with Crippen molar-refractivity contribution < 1.29 is 9.53 Å². The zero-order chi connectivity index (χ0) is 16.8. The fraction of sp³-hybridized carbons (Fsp3) is 0.316. The molecule has 0 saturated carbocycles. The lowest BCUT2D eigenvalue weighted by molar-refractivity contribution is -0.120. The van der Waals surface area contributed by atoms with Gasteiger partial charge in [0.2, 0.25) is 5.91 Å². The summed E-state index contributed by atoms with van der Waals surface area (Å²) < 4.78 is 5.31. The van der Waals surface area contributed by atoms with Crippen LogP contribution in [0.1, 0.15) is 18.5 Å². The molecule has 2 atom stereocenters. The Bertz CT molecular complexity index is 658. The monoisotopic (exact) mass is 361 g/mol. The van der Waals surface area contributed by atoms with E-state index in [1.54, 1.807) is 0 Å². The third-order valence-electron chi connectivity index (χ3n) is 4.07. The molecular weight excluding hydrogens is 338 g/mol. The third kappa shape index (κ3) is 5.46. The number of ether oxygens (including phenoxy) is 1. The van der Waals surface area contributed by atoms with Crippen LogP contribution in [-0.2, 0) is 9.53 Å². The molecule has 1 aliphatic rings. The average molecular weight is 362 g/mol. The van der Waals surface area contributed by atoms with Gasteiger partial charge in [-0.2, -0.15) is 0 Å². The Morgan fingerprint density at radius 2 is 1.80 bits per heavy atom. The lowest BCUT2D eigenvalue weighted by Gasteiger charge is -2.23. The van der Waals surface area contributed by atoms with Gasteiger partial charge in [0.05, 0.1) is 13.2 Å². The van der Waals surface area contributed by atoms with Crippen molar-refractivity contribution in [2.45, 2.75) is 19.0 Å². The Balaban J connectivity index is 0.00000225. The minimum Gasteiger partial charge on any atom is -0.379 e. The molecule has 1 saturated heterocycles. The molecule has 2 aromatic carbocycles. The second kappa shape index (κ2) is 9.42. The van der Waals surface area contributed by atoms with Crippen molar-refractivity contribution in [3.05, 3.63) is 60.2 Å². The van der Waals surface area contributed by atoms with Crippen LogP contribution in [0.2, 0.25) is 0 Å². The normalized spacial score (nSPS) is 17.9. The number of carbonyl (C=O) groups is 1. The van der Waals surface area contributed by atoms with Crippen LogP contribution < -0.4 is 16.0 Å². The van der Waals surface area contributed by atoms with Crippen LogP contribution in [0.25, 0.3) is 0 Å². The van der Waals surface area contributed by atoms with E-state index in [0.29, 0.717) is 19.8 Å². The minimum absolute atomic E-state index is 0. The van der Waals surface area contributed by atoms with E-state index in [9.17, 15) is 4.79 Å². The number of benzene rings is 2. The van der Waals surface area contributed by atoms with Gasteiger partial charge in [-0.15, -0.1) is 12.4 Å². The van der Waals surface area contributed by atoms with E-state index in [1.165, 1.54) is 5.56 Å². The molecule has 1 amide bonds. The summed E-state index contributed by atoms with van der Waals surface area (Å²) in [5.74, 6) is -0.0620. The molecule has 6 heteroatoms. The molecule has 1 fully saturated rings. The van der Waals surface area contributed by atoms with Gasteiger partial charge in [-0.25, -0.2) is 0 Å². The standard InChI is InChI=1S/C19H23N3O2.ClH/c1-14(15-5-3-2-4-6-15)21-16-7-9-17(10-8-16)22-19(23)18-13-24-12-11-20-18;/h2-10,14,18,20-21H,11-13H2,1H3,(H,22,23);1H. The number of amides is 1. The number of rotatable bonds is 5. The van der Waals surface area contributed by atoms with Gasteiger partial charge in [-0.05, 0) is 36.8 Å². The molecule has 2 aromatic rings. The molecule has 0 aromatic heterocycles. The quantitative estimate of drug-likeness (QED) is 0.765. The van der Waals surface area contributed by atoms with Crippen LogP contribution in [0.15, 0.2) is 54.6 Å². The van der Waals surface area contributed by atoms with Crippen LogP contribution in [0.3, 0.4) is 0 Å². The Kier molecular flexibility index (Phi) is 7.25. The third-order valence-corrected chi connectivity index (χ3v) is 4.07. The summed E-state index contributed by atoms with van der Waals surface area (Å²) in [5, 5.41) is 9.52. The fourth-order valence-electron chi connectivity index (χ4n) is 2.69. The number of hydrogen-bond donors (Lipinski definition) is 3. The number of anilines is 2. The summed E-state index contributed by atoms with van der Waals surface area (Å²) >= 11 is 0. The molecule has 5 nitrogen and oxygen atoms in total. The average Bonchev–Trinajstić information content (AvgIpc) is 2.65. The predicted octanol–water partition coefficient (Wildman–Crippen LogP) is 3.21. The van der Waals surface area contributed by atoms with E-state index < -0.39 is 0 Å². The van der Waals surface area contributed by atoms with E-state index >= 15 is 0 Å². The highest BCUT2D eigenvalue weighted by Crippen LogP contribution is 2.20. The maximum atomic E-state index is 12.1. The molecule has 3 N–H and O–H groups in total. The number of nitrogens with one attached hydrogen (secondary N) is 3. The van der Waals surface area contributed by atoms with Crippen molar-refractivity contribution in [2.75, 3.05) is 30.4 Å². The van der Waals surface area contributed by atoms with Gasteiger partial charge in [0.1, 0.15) is 6.04 Å². The Labute approximate surface area is 154 Å². The summed E-state index contributed by atoms with van der Waals surface area (Å²) in [6, 6.07) is 18.0. The number of carbonyl (C=O) groups excluding carboxylic acids is 1. The van der Waals surface area contributed by atoms with Crippen molar-refractivity contribution in [3.8, 4) is 0 Å². The van der Waals surface area contributed by atoms with Gasteiger partial charge in [0.15, 0.2) is 0 Å². The second-order valence-corrected chi connectivity index (χ2v) is 5.92. The summed E-state index contributed by atoms with van der Waals surface area (Å²) in [5.41, 5.74) is 3.03. The molecule has 1 heterocycles. The van der Waals surface area contributed by atoms with Crippen LogP contribution in [0, 0.1) is 0 Å². The van der Waals surface area contributed by atoms with Gasteiger partial charge in [-0.3, -0.25) is 4.79 Å². The summed E-state index contributed by atoms with van der Waals surface area (Å²) in [6.07, 6.45) is 0. The molecule has 134 valence electrons. The molecule has 1 aliphatic heterocycles. The van der Waals surface area contributed by atoms with Crippen molar-refractivity contribution in [2.24, 2.45) is 0 Å². The van der Waals surface area contributed by atoms with Gasteiger partial charge < -0.3 is 20.7 Å². The molecule has 25 heavy (non-hydrogen) atoms. The first-order chi connectivity index (χ1) is 11.7. The first-order valence-corrected chi connectivity index (χ1v) is 8.26. The lowest BCUT2D eigenvalue weighted by Crippen LogP contribution is -2.48. The van der Waals surface area contributed by atoms with Gasteiger partial charge >= 0.3 is 0 Å². The topological polar surface area (TPSA) is 62.4 Å². The highest BCUT2D eigenvalue weighted by atomic mass is 35.5. The number of hydrogen-bond acceptors (Lipinski definition) is 4. The molecule has 0 bridgehead atoms. The zero-order valence-corrected chi connectivity index (χ0v) is 15.0. The highest BCUT2D eigenvalue weighted by molar-refractivity contribution is 5.95. The number of morpholine rings is 1. The van der Waals surface area contributed by atoms with Crippen molar-refractivity contribution in [1.29, 1.82) is 0 Å². The van der Waals surface area contributed by atoms with Crippen LogP contribution in [-0.4, -0.2) is 31.7 Å². The Hall–Kier alpha value is -2.08. The summed E-state index contributed by atoms with van der Waals surface area (Å²) in [4.78, 5) is 12.1. The Morgan fingerprint density at radius 1 is 1.12 bits per heavy atom. The first-order valence-electron chi connectivity index (χ1n) is 8.26. The maximum absolute atomic E-state index is 12.1. The highest BCUT2D eigenvalue weighted by Gasteiger charge is 2.20. The van der Waals surface area contributed by atoms with E-state index in [2.05, 4.69) is 35.0 Å². The van der Waals surface area contributed by atoms with Crippen LogP contribution in [0.5, 0.6) is 0 Å². The van der Waals surface area contributed by atoms with Gasteiger partial charge in [0.25, 0.3) is 0 Å². The Morgan fingerprint density at radius 3 is 2.44 bits per heavy atom. The molecule has 0 spiro atoms. The second-order valence-electron chi connectivity index (χ2n) is 5.92. The molecular formula is C19H24ClN3O2. The molecule has 0 aliphatic carbocycles. The van der Waals surface area contributed by atoms with Gasteiger partial charge in [0, 0.05) is 24.0 Å². The largest absolute Gasteiger partial charge is 0.379 e. The van der Waals surface area contributed by atoms with Crippen molar-refractivity contribution in [1.82, 2.24) is 5.32 Å². The van der Waals surface area contributed by atoms with E-state index in [1.807, 2.05) is 42.5 Å². The van der Waals surface area contributed by atoms with E-state index in [4.69, 9.17) is 4.74 Å². The van der Waals surface area contributed by atoms with E-state index in [-0.39, 0.29) is 30.4 Å². The fourth-order valence-corrected chi connectivity index (χ4v) is 2.69. The van der Waals surface area contributed by atoms with Gasteiger partial charge in [-0.1, -0.05) is 30.3 Å². The molecule has 0 radical (unpaired) electrons. The predicted molar refractivity (Wildman–Crippen MR) is 103 cm³/mol. The molecule has 3 rings (SSSR count). The van der Waals surface area contributed by atoms with Crippen molar-refractivity contribution >= 4 is 29.7 Å². The van der Waals surface area contributed by atoms with Crippen LogP contribution >= 0.6 is 12.4 Å². The lowest BCUT2D eigenvalue weighted by atomic mass is 10.1. The summed E-state index contributed by atoms with van der Waals surface area (Å²) in [7, 11) is 0. The van der Waals surface area contributed by atoms with E-state index in [0.717, 1.165) is 11.4 Å². The first kappa shape index (κ1) is 19.2. The smallest absolute Gasteiger partial charge is 0.243 e. The summed E-state index contributed by atoms with van der Waals surface area (Å²) in [6.45, 7) is 3.90. The minimum atomic E-state index is -0.283. The SMILES string of the molecule is CC(Nc1ccc(NC(=O)C2COCCN2)cc1)c1ccccc1.Cl. The number of halogens is 1. The van der Waals surface area contributed by atoms with Crippen molar-refractivity contribution in [3.63, 3.8) is 0 Å². The maximum Gasteiger partial charge on any atom is 0.243 e. The van der Waals surface area contributed by atoms with Crippen LogP contribution in [0.4, 0.5) is 11.4 Å². The molecule has 2 unspecified atom stereocenters. The zero-order valence-electron chi connectivity index (χ0n) is 14.2.